The number of aliphatic imine (C=N–C) groups is 2. The highest BCUT2D eigenvalue weighted by molar-refractivity contribution is 7.92. The third-order valence-corrected chi connectivity index (χ3v) is 6.72. The summed E-state index contributed by atoms with van der Waals surface area (Å²) in [5, 5.41) is 11.4. The molecule has 2 aromatic carbocycles. The van der Waals surface area contributed by atoms with Crippen LogP contribution in [0.3, 0.4) is 0 Å². The number of benzene rings is 2. The number of fused-ring (bicyclic) bond motifs is 3. The lowest BCUT2D eigenvalue weighted by molar-refractivity contribution is -0.385. The first kappa shape index (κ1) is 22.0. The van der Waals surface area contributed by atoms with E-state index in [0.29, 0.717) is 18.7 Å². The van der Waals surface area contributed by atoms with E-state index in [0.717, 1.165) is 30.4 Å². The quantitative estimate of drug-likeness (QED) is 0.467. The third-order valence-electron chi connectivity index (χ3n) is 4.87. The highest BCUT2D eigenvalue weighted by Crippen LogP contribution is 2.43. The van der Waals surface area contributed by atoms with Gasteiger partial charge in [0.05, 0.1) is 28.4 Å². The zero-order chi connectivity index (χ0) is 22.9. The first-order valence-corrected chi connectivity index (χ1v) is 12.0. The number of halogens is 1. The monoisotopic (exact) mass is 477 g/mol. The summed E-state index contributed by atoms with van der Waals surface area (Å²) >= 11 is 6.36. The SMILES string of the molecule is CCCS(=O)(=O)Nc1ccc([N+](=O)[O-])c(Oc2ccc3c(c2)C2=NCCCN2C=N3)c1Cl. The molecule has 0 radical (unpaired) electrons. The smallest absolute Gasteiger partial charge is 0.313 e. The zero-order valence-electron chi connectivity index (χ0n) is 17.1. The molecule has 2 aliphatic rings. The summed E-state index contributed by atoms with van der Waals surface area (Å²) in [5.74, 6) is 0.677. The molecule has 0 spiro atoms. The predicted molar refractivity (Wildman–Crippen MR) is 123 cm³/mol. The lowest BCUT2D eigenvalue weighted by Gasteiger charge is -2.29. The van der Waals surface area contributed by atoms with Gasteiger partial charge < -0.3 is 9.64 Å². The van der Waals surface area contributed by atoms with Gasteiger partial charge in [-0.15, -0.1) is 0 Å². The van der Waals surface area contributed by atoms with Crippen molar-refractivity contribution in [2.24, 2.45) is 9.98 Å². The van der Waals surface area contributed by atoms with Gasteiger partial charge in [-0.1, -0.05) is 18.5 Å². The molecule has 0 aliphatic carbocycles. The molecule has 0 amide bonds. The second kappa shape index (κ2) is 8.75. The largest absolute Gasteiger partial charge is 0.448 e. The summed E-state index contributed by atoms with van der Waals surface area (Å²) < 4.78 is 32.5. The number of sulfonamides is 1. The van der Waals surface area contributed by atoms with Gasteiger partial charge in [-0.25, -0.2) is 13.4 Å². The van der Waals surface area contributed by atoms with Crippen molar-refractivity contribution in [3.8, 4) is 11.5 Å². The molecule has 1 N–H and O–H groups in total. The predicted octanol–water partition coefficient (Wildman–Crippen LogP) is 4.32. The van der Waals surface area contributed by atoms with Gasteiger partial charge in [0.2, 0.25) is 15.8 Å². The summed E-state index contributed by atoms with van der Waals surface area (Å²) in [6, 6.07) is 7.43. The molecule has 2 aromatic rings. The van der Waals surface area contributed by atoms with Crippen LogP contribution in [-0.2, 0) is 10.0 Å². The van der Waals surface area contributed by atoms with Crippen molar-refractivity contribution in [3.63, 3.8) is 0 Å². The number of nitrogens with zero attached hydrogens (tertiary/aromatic N) is 4. The van der Waals surface area contributed by atoms with Crippen molar-refractivity contribution in [1.82, 2.24) is 4.90 Å². The Hall–Kier alpha value is -3.18. The minimum atomic E-state index is -3.65. The number of ether oxygens (including phenoxy) is 1. The van der Waals surface area contributed by atoms with E-state index in [1.807, 2.05) is 4.90 Å². The van der Waals surface area contributed by atoms with E-state index in [1.165, 1.54) is 6.07 Å². The Kier molecular flexibility index (Phi) is 6.02. The van der Waals surface area contributed by atoms with Crippen LogP contribution in [0.15, 0.2) is 40.3 Å². The number of hydrogen-bond acceptors (Lipinski definition) is 8. The Bertz CT molecular complexity index is 1250. The lowest BCUT2D eigenvalue weighted by atomic mass is 10.1. The van der Waals surface area contributed by atoms with Crippen LogP contribution in [0.2, 0.25) is 5.02 Å². The molecular weight excluding hydrogens is 458 g/mol. The maximum atomic E-state index is 12.2. The molecule has 0 fully saturated rings. The van der Waals surface area contributed by atoms with Gasteiger partial charge in [-0.05, 0) is 37.1 Å². The van der Waals surface area contributed by atoms with E-state index in [2.05, 4.69) is 14.7 Å². The van der Waals surface area contributed by atoms with E-state index in [-0.39, 0.29) is 33.6 Å². The molecule has 0 unspecified atom stereocenters. The van der Waals surface area contributed by atoms with Crippen LogP contribution in [0.1, 0.15) is 25.3 Å². The number of amidine groups is 1. The van der Waals surface area contributed by atoms with Gasteiger partial charge in [-0.3, -0.25) is 19.8 Å². The molecule has 0 aromatic heterocycles. The standard InChI is InChI=1S/C20H20ClN5O5S/c1-2-10-32(29,30)24-16-6-7-17(26(27)28)19(18(16)21)31-13-4-5-15-14(11-13)20-22-8-3-9-25(20)12-23-15/h4-7,11-12,24H,2-3,8-10H2,1H3. The average molecular weight is 478 g/mol. The normalized spacial score (nSPS) is 14.9. The molecule has 32 heavy (non-hydrogen) atoms. The van der Waals surface area contributed by atoms with Gasteiger partial charge in [0.1, 0.15) is 16.6 Å². The van der Waals surface area contributed by atoms with E-state index >= 15 is 0 Å². The summed E-state index contributed by atoms with van der Waals surface area (Å²) in [6.07, 6.45) is 3.06. The summed E-state index contributed by atoms with van der Waals surface area (Å²) in [5.41, 5.74) is 1.06. The van der Waals surface area contributed by atoms with Crippen LogP contribution >= 0.6 is 11.6 Å². The number of nitrogens with one attached hydrogen (secondary N) is 1. The Labute approximate surface area is 189 Å². The Morgan fingerprint density at radius 2 is 2.12 bits per heavy atom. The first-order chi connectivity index (χ1) is 15.3. The molecule has 0 bridgehead atoms. The fraction of sp³-hybridized carbons (Fsp3) is 0.300. The van der Waals surface area contributed by atoms with Gasteiger partial charge in [0.25, 0.3) is 0 Å². The van der Waals surface area contributed by atoms with Gasteiger partial charge in [-0.2, -0.15) is 0 Å². The molecule has 12 heteroatoms. The highest BCUT2D eigenvalue weighted by atomic mass is 35.5. The van der Waals surface area contributed by atoms with Crippen LogP contribution in [0.5, 0.6) is 11.5 Å². The molecule has 0 saturated heterocycles. The molecule has 4 rings (SSSR count). The van der Waals surface area contributed by atoms with E-state index in [4.69, 9.17) is 16.3 Å². The van der Waals surface area contributed by atoms with Crippen molar-refractivity contribution in [3.05, 3.63) is 51.0 Å². The minimum absolute atomic E-state index is 0.00565. The van der Waals surface area contributed by atoms with Gasteiger partial charge >= 0.3 is 5.69 Å². The molecule has 2 aliphatic heterocycles. The molecule has 10 nitrogen and oxygen atoms in total. The average Bonchev–Trinajstić information content (AvgIpc) is 2.76. The molecule has 168 valence electrons. The van der Waals surface area contributed by atoms with Crippen molar-refractivity contribution in [2.45, 2.75) is 19.8 Å². The number of anilines is 1. The maximum absolute atomic E-state index is 12.2. The molecule has 0 saturated carbocycles. The van der Waals surface area contributed by atoms with Crippen LogP contribution in [0.4, 0.5) is 17.1 Å². The fourth-order valence-corrected chi connectivity index (χ4v) is 4.89. The van der Waals surface area contributed by atoms with E-state index < -0.39 is 14.9 Å². The minimum Gasteiger partial charge on any atom is -0.448 e. The van der Waals surface area contributed by atoms with Crippen LogP contribution < -0.4 is 9.46 Å². The molecule has 0 atom stereocenters. The number of nitro groups is 1. The highest BCUT2D eigenvalue weighted by Gasteiger charge is 2.26. The lowest BCUT2D eigenvalue weighted by Crippen LogP contribution is -2.36. The zero-order valence-corrected chi connectivity index (χ0v) is 18.7. The molecular formula is C20H20ClN5O5S. The van der Waals surface area contributed by atoms with Gasteiger partial charge in [0.15, 0.2) is 0 Å². The van der Waals surface area contributed by atoms with Crippen molar-refractivity contribution >= 4 is 50.9 Å². The van der Waals surface area contributed by atoms with Gasteiger partial charge in [0, 0.05) is 24.7 Å². The van der Waals surface area contributed by atoms with E-state index in [9.17, 15) is 18.5 Å². The topological polar surface area (TPSA) is 126 Å². The van der Waals surface area contributed by atoms with Crippen LogP contribution in [0.25, 0.3) is 0 Å². The Morgan fingerprint density at radius 3 is 2.88 bits per heavy atom. The second-order valence-electron chi connectivity index (χ2n) is 7.23. The molecule has 2 heterocycles. The summed E-state index contributed by atoms with van der Waals surface area (Å²) in [4.78, 5) is 21.8. The number of hydrogen-bond donors (Lipinski definition) is 1. The number of rotatable bonds is 7. The Balaban J connectivity index is 1.73. The van der Waals surface area contributed by atoms with Crippen molar-refractivity contribution in [2.75, 3.05) is 23.6 Å². The first-order valence-electron chi connectivity index (χ1n) is 9.94. The van der Waals surface area contributed by atoms with Crippen LogP contribution in [-0.4, -0.2) is 49.3 Å². The van der Waals surface area contributed by atoms with Crippen molar-refractivity contribution in [1.29, 1.82) is 0 Å². The Morgan fingerprint density at radius 1 is 1.31 bits per heavy atom. The van der Waals surface area contributed by atoms with E-state index in [1.54, 1.807) is 31.5 Å². The number of nitro benzene ring substituents is 1. The van der Waals surface area contributed by atoms with Crippen LogP contribution in [0, 0.1) is 10.1 Å². The maximum Gasteiger partial charge on any atom is 0.313 e. The van der Waals surface area contributed by atoms with Crippen molar-refractivity contribution < 1.29 is 18.1 Å². The summed E-state index contributed by atoms with van der Waals surface area (Å²) in [7, 11) is -3.65. The fourth-order valence-electron chi connectivity index (χ4n) is 3.45. The third kappa shape index (κ3) is 4.39. The second-order valence-corrected chi connectivity index (χ2v) is 9.45. The summed E-state index contributed by atoms with van der Waals surface area (Å²) in [6.45, 7) is 3.22.